The second kappa shape index (κ2) is 8.52. The minimum atomic E-state index is -0.988. The minimum Gasteiger partial charge on any atom is -0.357 e. The molecule has 2 amide bonds. The molecule has 0 fully saturated rings. The summed E-state index contributed by atoms with van der Waals surface area (Å²) in [7, 11) is 1.57. The third-order valence-electron chi connectivity index (χ3n) is 5.36. The minimum absolute atomic E-state index is 0.0225. The fourth-order valence-corrected chi connectivity index (χ4v) is 3.91. The van der Waals surface area contributed by atoms with Gasteiger partial charge in [-0.25, -0.2) is 4.39 Å². The summed E-state index contributed by atoms with van der Waals surface area (Å²) in [6, 6.07) is 13.8. The molecule has 4 N–H and O–H groups in total. The van der Waals surface area contributed by atoms with E-state index in [4.69, 9.17) is 5.73 Å². The summed E-state index contributed by atoms with van der Waals surface area (Å²) in [6.45, 7) is 0. The lowest BCUT2D eigenvalue weighted by molar-refractivity contribution is -0.134. The van der Waals surface area contributed by atoms with Crippen molar-refractivity contribution in [2.24, 2.45) is 5.73 Å². The molecule has 1 aliphatic carbocycles. The Morgan fingerprint density at radius 2 is 1.82 bits per heavy atom. The number of halogens is 1. The average Bonchev–Trinajstić information content (AvgIpc) is 2.68. The van der Waals surface area contributed by atoms with Crippen molar-refractivity contribution in [2.45, 2.75) is 43.7 Å². The van der Waals surface area contributed by atoms with Gasteiger partial charge in [0.25, 0.3) is 0 Å². The van der Waals surface area contributed by atoms with Crippen molar-refractivity contribution in [2.75, 3.05) is 7.05 Å². The second-order valence-electron chi connectivity index (χ2n) is 7.41. The molecule has 0 saturated carbocycles. The zero-order valence-corrected chi connectivity index (χ0v) is 16.0. The van der Waals surface area contributed by atoms with E-state index in [0.717, 1.165) is 5.56 Å². The predicted molar refractivity (Wildman–Crippen MR) is 106 cm³/mol. The summed E-state index contributed by atoms with van der Waals surface area (Å²) in [5.41, 5.74) is 7.84. The van der Waals surface area contributed by atoms with Crippen molar-refractivity contribution in [3.05, 3.63) is 71.0 Å². The van der Waals surface area contributed by atoms with E-state index in [2.05, 4.69) is 16.7 Å². The predicted octanol–water partition coefficient (Wildman–Crippen LogP) is 1.88. The third kappa shape index (κ3) is 4.39. The molecule has 0 saturated heterocycles. The van der Waals surface area contributed by atoms with Gasteiger partial charge in [-0.05, 0) is 42.0 Å². The highest BCUT2D eigenvalue weighted by Gasteiger charge is 2.42. The average molecular weight is 383 g/mol. The Bertz CT molecular complexity index is 870. The van der Waals surface area contributed by atoms with Gasteiger partial charge in [0, 0.05) is 25.9 Å². The van der Waals surface area contributed by atoms with Crippen molar-refractivity contribution in [1.82, 2.24) is 10.6 Å². The van der Waals surface area contributed by atoms with Crippen LogP contribution in [0.1, 0.15) is 29.5 Å². The molecule has 5 nitrogen and oxygen atoms in total. The molecule has 0 heterocycles. The van der Waals surface area contributed by atoms with Crippen LogP contribution in [-0.2, 0) is 28.9 Å². The number of hydrogen-bond donors (Lipinski definition) is 3. The summed E-state index contributed by atoms with van der Waals surface area (Å²) in [5, 5.41) is 5.61. The fraction of sp³-hybridized carbons (Fsp3) is 0.364. The first-order chi connectivity index (χ1) is 13.4. The van der Waals surface area contributed by atoms with Crippen LogP contribution in [0.4, 0.5) is 4.39 Å². The first-order valence-corrected chi connectivity index (χ1v) is 9.52. The zero-order chi connectivity index (χ0) is 20.1. The third-order valence-corrected chi connectivity index (χ3v) is 5.36. The SMILES string of the molecule is CNC(=O)C1(NC(=O)C[C@H](N)Cc2ccccc2F)CCc2ccccc2C1. The standard InChI is InChI=1S/C22H26FN3O2/c1-25-21(28)22(11-10-15-6-2-3-8-17(15)14-22)26-20(27)13-18(24)12-16-7-4-5-9-19(16)23/h2-9,18H,10-14,24H2,1H3,(H,25,28)(H,26,27)/t18-,22?/m1/s1. The highest BCUT2D eigenvalue weighted by molar-refractivity contribution is 5.92. The van der Waals surface area contributed by atoms with Crippen LogP contribution in [-0.4, -0.2) is 30.4 Å². The number of carbonyl (C=O) groups excluding carboxylic acids is 2. The summed E-state index contributed by atoms with van der Waals surface area (Å²) in [5.74, 6) is -0.839. The molecule has 0 spiro atoms. The van der Waals surface area contributed by atoms with Crippen molar-refractivity contribution in [3.8, 4) is 0 Å². The van der Waals surface area contributed by atoms with E-state index in [0.29, 0.717) is 24.8 Å². The number of aryl methyl sites for hydroxylation is 1. The lowest BCUT2D eigenvalue weighted by atomic mass is 9.77. The van der Waals surface area contributed by atoms with Crippen LogP contribution < -0.4 is 16.4 Å². The van der Waals surface area contributed by atoms with Crippen LogP contribution in [0.15, 0.2) is 48.5 Å². The number of nitrogens with two attached hydrogens (primary N) is 1. The van der Waals surface area contributed by atoms with Gasteiger partial charge in [-0.3, -0.25) is 9.59 Å². The van der Waals surface area contributed by atoms with Crippen molar-refractivity contribution < 1.29 is 14.0 Å². The summed E-state index contributed by atoms with van der Waals surface area (Å²) < 4.78 is 13.8. The maximum Gasteiger partial charge on any atom is 0.245 e. The Morgan fingerprint density at radius 1 is 1.14 bits per heavy atom. The number of amides is 2. The van der Waals surface area contributed by atoms with Crippen LogP contribution in [0.2, 0.25) is 0 Å². The van der Waals surface area contributed by atoms with Crippen LogP contribution in [0.5, 0.6) is 0 Å². The van der Waals surface area contributed by atoms with Gasteiger partial charge in [0.05, 0.1) is 0 Å². The molecule has 0 bridgehead atoms. The molecule has 2 aromatic carbocycles. The number of nitrogens with one attached hydrogen (secondary N) is 2. The van der Waals surface area contributed by atoms with Crippen LogP contribution in [0.25, 0.3) is 0 Å². The topological polar surface area (TPSA) is 84.2 Å². The molecule has 6 heteroatoms. The Labute approximate surface area is 164 Å². The molecule has 1 unspecified atom stereocenters. The second-order valence-corrected chi connectivity index (χ2v) is 7.41. The van der Waals surface area contributed by atoms with Gasteiger partial charge >= 0.3 is 0 Å². The van der Waals surface area contributed by atoms with Gasteiger partial charge in [-0.1, -0.05) is 42.5 Å². The Morgan fingerprint density at radius 3 is 2.54 bits per heavy atom. The summed E-state index contributed by atoms with van der Waals surface area (Å²) in [4.78, 5) is 25.3. The lowest BCUT2D eigenvalue weighted by Crippen LogP contribution is -2.61. The van der Waals surface area contributed by atoms with E-state index in [1.165, 1.54) is 11.6 Å². The maximum atomic E-state index is 13.8. The smallest absolute Gasteiger partial charge is 0.245 e. The molecule has 0 aliphatic heterocycles. The monoisotopic (exact) mass is 383 g/mol. The van der Waals surface area contributed by atoms with Crippen LogP contribution >= 0.6 is 0 Å². The number of likely N-dealkylation sites (N-methyl/N-ethyl adjacent to an activating group) is 1. The molecule has 148 valence electrons. The summed E-state index contributed by atoms with van der Waals surface area (Å²) >= 11 is 0. The van der Waals surface area contributed by atoms with Gasteiger partial charge in [0.2, 0.25) is 11.8 Å². The van der Waals surface area contributed by atoms with Gasteiger partial charge in [0.15, 0.2) is 0 Å². The van der Waals surface area contributed by atoms with E-state index in [9.17, 15) is 14.0 Å². The Hall–Kier alpha value is -2.73. The quantitative estimate of drug-likeness (QED) is 0.712. The molecule has 3 rings (SSSR count). The van der Waals surface area contributed by atoms with E-state index >= 15 is 0 Å². The molecule has 0 aromatic heterocycles. The highest BCUT2D eigenvalue weighted by atomic mass is 19.1. The van der Waals surface area contributed by atoms with E-state index < -0.39 is 11.6 Å². The molecular formula is C22H26FN3O2. The van der Waals surface area contributed by atoms with E-state index in [1.54, 1.807) is 25.2 Å². The normalized spacial score (nSPS) is 19.4. The number of carbonyl (C=O) groups is 2. The largest absolute Gasteiger partial charge is 0.357 e. The molecule has 28 heavy (non-hydrogen) atoms. The van der Waals surface area contributed by atoms with Crippen LogP contribution in [0.3, 0.4) is 0 Å². The lowest BCUT2D eigenvalue weighted by Gasteiger charge is -2.37. The van der Waals surface area contributed by atoms with Crippen molar-refractivity contribution >= 4 is 11.8 Å². The Balaban J connectivity index is 1.69. The molecular weight excluding hydrogens is 357 g/mol. The van der Waals surface area contributed by atoms with Gasteiger partial charge in [0.1, 0.15) is 11.4 Å². The van der Waals surface area contributed by atoms with Gasteiger partial charge < -0.3 is 16.4 Å². The summed E-state index contributed by atoms with van der Waals surface area (Å²) in [6.07, 6.45) is 1.96. The highest BCUT2D eigenvalue weighted by Crippen LogP contribution is 2.29. The number of rotatable bonds is 6. The molecule has 1 aliphatic rings. The first-order valence-electron chi connectivity index (χ1n) is 9.52. The number of hydrogen-bond acceptors (Lipinski definition) is 3. The van der Waals surface area contributed by atoms with Crippen molar-refractivity contribution in [1.29, 1.82) is 0 Å². The molecule has 0 radical (unpaired) electrons. The van der Waals surface area contributed by atoms with Crippen molar-refractivity contribution in [3.63, 3.8) is 0 Å². The molecule has 2 atom stereocenters. The van der Waals surface area contributed by atoms with Gasteiger partial charge in [-0.2, -0.15) is 0 Å². The number of fused-ring (bicyclic) bond motifs is 1. The van der Waals surface area contributed by atoms with E-state index in [-0.39, 0.29) is 30.5 Å². The van der Waals surface area contributed by atoms with Crippen LogP contribution in [0, 0.1) is 5.82 Å². The number of benzene rings is 2. The molecule has 2 aromatic rings. The Kier molecular flexibility index (Phi) is 6.09. The van der Waals surface area contributed by atoms with Gasteiger partial charge in [-0.15, -0.1) is 0 Å². The fourth-order valence-electron chi connectivity index (χ4n) is 3.91. The zero-order valence-electron chi connectivity index (χ0n) is 16.0. The maximum absolute atomic E-state index is 13.8. The first kappa shape index (κ1) is 20.0. The van der Waals surface area contributed by atoms with E-state index in [1.807, 2.05) is 18.2 Å².